The van der Waals surface area contributed by atoms with Crippen LogP contribution < -0.4 is 15.5 Å². The third-order valence-corrected chi connectivity index (χ3v) is 3.47. The molecule has 0 radical (unpaired) electrons. The van der Waals surface area contributed by atoms with E-state index in [4.69, 9.17) is 0 Å². The molecule has 0 bridgehead atoms. The van der Waals surface area contributed by atoms with Crippen molar-refractivity contribution in [3.05, 3.63) is 53.8 Å². The van der Waals surface area contributed by atoms with E-state index in [9.17, 15) is 9.18 Å². The van der Waals surface area contributed by atoms with E-state index in [0.717, 1.165) is 22.6 Å². The van der Waals surface area contributed by atoms with Crippen LogP contribution in [0.4, 0.5) is 21.5 Å². The molecule has 0 fully saturated rings. The number of hydrogen-bond donors (Lipinski definition) is 2. The Morgan fingerprint density at radius 3 is 2.86 bits per heavy atom. The molecule has 0 aromatic heterocycles. The summed E-state index contributed by atoms with van der Waals surface area (Å²) in [5, 5.41) is 5.88. The Balaban J connectivity index is 2.10. The highest BCUT2D eigenvalue weighted by molar-refractivity contribution is 6.03. The highest BCUT2D eigenvalue weighted by atomic mass is 19.1. The quantitative estimate of drug-likeness (QED) is 0.911. The zero-order valence-electron chi connectivity index (χ0n) is 11.7. The molecule has 0 aliphatic carbocycles. The minimum Gasteiger partial charge on any atom is -0.330 e. The molecular formula is C16H16FN3O. The van der Waals surface area contributed by atoms with Crippen LogP contribution in [0.15, 0.2) is 42.5 Å². The second-order valence-corrected chi connectivity index (χ2v) is 4.95. The summed E-state index contributed by atoms with van der Waals surface area (Å²) in [6.45, 7) is 0.757. The minimum atomic E-state index is -0.279. The summed E-state index contributed by atoms with van der Waals surface area (Å²) in [5.74, 6) is -0.354. The number of rotatable bonds is 3. The van der Waals surface area contributed by atoms with Gasteiger partial charge in [0.1, 0.15) is 12.4 Å². The number of carbonyl (C=O) groups excluding carboxylic acids is 1. The summed E-state index contributed by atoms with van der Waals surface area (Å²) in [5.41, 5.74) is 3.35. The molecule has 1 aliphatic rings. The SMILES string of the molecule is CNCc1cc(F)ccc1N1CC(=O)Nc2ccccc21. The average molecular weight is 285 g/mol. The van der Waals surface area contributed by atoms with Gasteiger partial charge in [-0.3, -0.25) is 4.79 Å². The molecule has 0 atom stereocenters. The van der Waals surface area contributed by atoms with Crippen molar-refractivity contribution < 1.29 is 9.18 Å². The third kappa shape index (κ3) is 2.60. The molecule has 1 amide bonds. The second kappa shape index (κ2) is 5.54. The number of nitrogens with zero attached hydrogens (tertiary/aromatic N) is 1. The van der Waals surface area contributed by atoms with Gasteiger partial charge in [-0.05, 0) is 42.9 Å². The topological polar surface area (TPSA) is 44.4 Å². The smallest absolute Gasteiger partial charge is 0.244 e. The van der Waals surface area contributed by atoms with E-state index in [-0.39, 0.29) is 18.3 Å². The van der Waals surface area contributed by atoms with Crippen LogP contribution >= 0.6 is 0 Å². The molecule has 21 heavy (non-hydrogen) atoms. The van der Waals surface area contributed by atoms with Gasteiger partial charge in [-0.15, -0.1) is 0 Å². The first kappa shape index (κ1) is 13.6. The maximum Gasteiger partial charge on any atom is 0.244 e. The fourth-order valence-corrected chi connectivity index (χ4v) is 2.60. The summed E-state index contributed by atoms with van der Waals surface area (Å²) in [7, 11) is 1.81. The van der Waals surface area contributed by atoms with Crippen molar-refractivity contribution in [2.24, 2.45) is 0 Å². The average Bonchev–Trinajstić information content (AvgIpc) is 2.47. The van der Waals surface area contributed by atoms with Crippen LogP contribution in [0.2, 0.25) is 0 Å². The van der Waals surface area contributed by atoms with Crippen molar-refractivity contribution >= 4 is 23.0 Å². The van der Waals surface area contributed by atoms with Crippen molar-refractivity contribution in [1.29, 1.82) is 0 Å². The molecule has 5 heteroatoms. The largest absolute Gasteiger partial charge is 0.330 e. The van der Waals surface area contributed by atoms with E-state index in [1.165, 1.54) is 12.1 Å². The number of carbonyl (C=O) groups is 1. The Labute approximate surface area is 122 Å². The first-order chi connectivity index (χ1) is 10.2. The maximum absolute atomic E-state index is 13.5. The number of anilines is 3. The maximum atomic E-state index is 13.5. The molecular weight excluding hydrogens is 269 g/mol. The van der Waals surface area contributed by atoms with Crippen molar-refractivity contribution in [1.82, 2.24) is 5.32 Å². The lowest BCUT2D eigenvalue weighted by atomic mass is 10.1. The van der Waals surface area contributed by atoms with E-state index in [2.05, 4.69) is 10.6 Å². The molecule has 2 N–H and O–H groups in total. The minimum absolute atomic E-state index is 0.0755. The normalized spacial score (nSPS) is 13.8. The van der Waals surface area contributed by atoms with Gasteiger partial charge in [-0.2, -0.15) is 0 Å². The summed E-state index contributed by atoms with van der Waals surface area (Å²) < 4.78 is 13.5. The molecule has 0 saturated carbocycles. The van der Waals surface area contributed by atoms with E-state index < -0.39 is 0 Å². The van der Waals surface area contributed by atoms with Crippen LogP contribution in [0.3, 0.4) is 0 Å². The number of nitrogens with one attached hydrogen (secondary N) is 2. The van der Waals surface area contributed by atoms with Crippen molar-refractivity contribution in [2.45, 2.75) is 6.54 Å². The summed E-state index contributed by atoms with van der Waals surface area (Å²) in [4.78, 5) is 13.8. The van der Waals surface area contributed by atoms with Crippen molar-refractivity contribution in [3.63, 3.8) is 0 Å². The molecule has 2 aromatic rings. The van der Waals surface area contributed by atoms with Gasteiger partial charge in [0.15, 0.2) is 0 Å². The molecule has 2 aromatic carbocycles. The monoisotopic (exact) mass is 285 g/mol. The molecule has 0 unspecified atom stereocenters. The Bertz CT molecular complexity index is 687. The van der Waals surface area contributed by atoms with Crippen LogP contribution in [0, 0.1) is 5.82 Å². The van der Waals surface area contributed by atoms with Gasteiger partial charge in [0.05, 0.1) is 11.4 Å². The predicted octanol–water partition coefficient (Wildman–Crippen LogP) is 2.64. The zero-order valence-corrected chi connectivity index (χ0v) is 11.7. The van der Waals surface area contributed by atoms with E-state index in [0.29, 0.717) is 6.54 Å². The highest BCUT2D eigenvalue weighted by Crippen LogP contribution is 2.36. The molecule has 0 spiro atoms. The zero-order chi connectivity index (χ0) is 14.8. The fourth-order valence-electron chi connectivity index (χ4n) is 2.60. The predicted molar refractivity (Wildman–Crippen MR) is 81.2 cm³/mol. The van der Waals surface area contributed by atoms with Crippen LogP contribution in [0.25, 0.3) is 0 Å². The Morgan fingerprint density at radius 2 is 2.05 bits per heavy atom. The van der Waals surface area contributed by atoms with E-state index in [1.54, 1.807) is 6.07 Å². The first-order valence-corrected chi connectivity index (χ1v) is 6.78. The Hall–Kier alpha value is -2.40. The second-order valence-electron chi connectivity index (χ2n) is 4.95. The summed E-state index contributed by atoms with van der Waals surface area (Å²) >= 11 is 0. The molecule has 0 saturated heterocycles. The Kier molecular flexibility index (Phi) is 3.58. The highest BCUT2D eigenvalue weighted by Gasteiger charge is 2.24. The molecule has 3 rings (SSSR count). The third-order valence-electron chi connectivity index (χ3n) is 3.47. The van der Waals surface area contributed by atoms with Gasteiger partial charge >= 0.3 is 0 Å². The van der Waals surface area contributed by atoms with Gasteiger partial charge in [-0.1, -0.05) is 12.1 Å². The van der Waals surface area contributed by atoms with Crippen molar-refractivity contribution in [3.8, 4) is 0 Å². The number of fused-ring (bicyclic) bond motifs is 1. The number of halogens is 1. The van der Waals surface area contributed by atoms with Crippen LogP contribution in [-0.4, -0.2) is 19.5 Å². The lowest BCUT2D eigenvalue weighted by Crippen LogP contribution is -2.35. The first-order valence-electron chi connectivity index (χ1n) is 6.78. The van der Waals surface area contributed by atoms with Gasteiger partial charge in [0, 0.05) is 12.2 Å². The number of benzene rings is 2. The van der Waals surface area contributed by atoms with Gasteiger partial charge in [-0.25, -0.2) is 4.39 Å². The van der Waals surface area contributed by atoms with E-state index in [1.807, 2.05) is 36.2 Å². The van der Waals surface area contributed by atoms with Gasteiger partial charge < -0.3 is 15.5 Å². The molecule has 1 aliphatic heterocycles. The molecule has 1 heterocycles. The summed E-state index contributed by atoms with van der Waals surface area (Å²) in [6, 6.07) is 12.2. The van der Waals surface area contributed by atoms with Crippen molar-refractivity contribution in [2.75, 3.05) is 23.8 Å². The molecule has 108 valence electrons. The van der Waals surface area contributed by atoms with Gasteiger partial charge in [0.25, 0.3) is 0 Å². The van der Waals surface area contributed by atoms with Gasteiger partial charge in [0.2, 0.25) is 5.91 Å². The number of amides is 1. The standard InChI is InChI=1S/C16H16FN3O/c1-18-9-11-8-12(17)6-7-14(11)20-10-16(21)19-13-4-2-3-5-15(13)20/h2-8,18H,9-10H2,1H3,(H,19,21). The van der Waals surface area contributed by atoms with Crippen LogP contribution in [-0.2, 0) is 11.3 Å². The van der Waals surface area contributed by atoms with E-state index >= 15 is 0 Å². The lowest BCUT2D eigenvalue weighted by Gasteiger charge is -2.32. The van der Waals surface area contributed by atoms with Crippen LogP contribution in [0.1, 0.15) is 5.56 Å². The molecule has 4 nitrogen and oxygen atoms in total. The lowest BCUT2D eigenvalue weighted by molar-refractivity contribution is -0.115. The fraction of sp³-hybridized carbons (Fsp3) is 0.188. The number of para-hydroxylation sites is 2. The number of hydrogen-bond acceptors (Lipinski definition) is 3. The summed E-state index contributed by atoms with van der Waals surface area (Å²) in [6.07, 6.45) is 0. The van der Waals surface area contributed by atoms with Crippen LogP contribution in [0.5, 0.6) is 0 Å². The Morgan fingerprint density at radius 1 is 1.24 bits per heavy atom.